The van der Waals surface area contributed by atoms with Crippen LogP contribution in [-0.4, -0.2) is 11.0 Å². The molecule has 1 aromatic rings. The summed E-state index contributed by atoms with van der Waals surface area (Å²) in [5.41, 5.74) is 1.90. The molecule has 0 radical (unpaired) electrons. The first kappa shape index (κ1) is 15.5. The fraction of sp³-hybridized carbons (Fsp3) is 0.600. The molecule has 1 unspecified atom stereocenters. The summed E-state index contributed by atoms with van der Waals surface area (Å²) in [7, 11) is 0. The van der Waals surface area contributed by atoms with E-state index in [-0.39, 0.29) is 10.6 Å². The maximum absolute atomic E-state index is 10.8. The van der Waals surface area contributed by atoms with Crippen LogP contribution >= 0.6 is 0 Å². The lowest BCUT2D eigenvalue weighted by Gasteiger charge is -2.16. The van der Waals surface area contributed by atoms with Crippen molar-refractivity contribution in [2.75, 3.05) is 5.32 Å². The molecule has 1 aromatic carbocycles. The third kappa shape index (κ3) is 5.73. The van der Waals surface area contributed by atoms with Gasteiger partial charge < -0.3 is 5.32 Å². The standard InChI is InChI=1S/C15H24N2O2/c1-11(2)6-5-7-13(4)16-14-8-12(3)9-15(10-14)17(18)19/h8-11,13,16H,5-7H2,1-4H3. The molecule has 0 aliphatic carbocycles. The maximum atomic E-state index is 10.8. The van der Waals surface area contributed by atoms with Crippen LogP contribution in [0.2, 0.25) is 0 Å². The van der Waals surface area contributed by atoms with Gasteiger partial charge in [-0.25, -0.2) is 0 Å². The fourth-order valence-electron chi connectivity index (χ4n) is 2.14. The Morgan fingerprint density at radius 1 is 1.21 bits per heavy atom. The molecule has 4 nitrogen and oxygen atoms in total. The zero-order chi connectivity index (χ0) is 14.4. The Morgan fingerprint density at radius 2 is 1.89 bits per heavy atom. The van der Waals surface area contributed by atoms with Crippen LogP contribution in [0, 0.1) is 23.0 Å². The van der Waals surface area contributed by atoms with E-state index in [1.54, 1.807) is 12.1 Å². The van der Waals surface area contributed by atoms with Crippen LogP contribution in [0.1, 0.15) is 45.6 Å². The van der Waals surface area contributed by atoms with Crippen molar-refractivity contribution in [1.82, 2.24) is 0 Å². The molecule has 0 saturated carbocycles. The van der Waals surface area contributed by atoms with Crippen LogP contribution in [0.3, 0.4) is 0 Å². The molecule has 1 atom stereocenters. The largest absolute Gasteiger partial charge is 0.382 e. The van der Waals surface area contributed by atoms with Gasteiger partial charge in [0.25, 0.3) is 5.69 Å². The number of non-ortho nitro benzene ring substituents is 1. The molecule has 106 valence electrons. The lowest BCUT2D eigenvalue weighted by atomic mass is 10.0. The molecule has 0 aliphatic heterocycles. The number of nitrogens with one attached hydrogen (secondary N) is 1. The Kier molecular flexibility index (Phi) is 5.80. The summed E-state index contributed by atoms with van der Waals surface area (Å²) >= 11 is 0. The molecule has 0 amide bonds. The molecule has 19 heavy (non-hydrogen) atoms. The van der Waals surface area contributed by atoms with E-state index in [0.717, 1.165) is 23.6 Å². The number of hydrogen-bond donors (Lipinski definition) is 1. The van der Waals surface area contributed by atoms with Crippen molar-refractivity contribution in [2.24, 2.45) is 5.92 Å². The van der Waals surface area contributed by atoms with E-state index in [4.69, 9.17) is 0 Å². The van der Waals surface area contributed by atoms with Crippen molar-refractivity contribution in [2.45, 2.75) is 53.0 Å². The zero-order valence-electron chi connectivity index (χ0n) is 12.3. The number of aryl methyl sites for hydroxylation is 1. The number of nitrogens with zero attached hydrogens (tertiary/aromatic N) is 1. The average Bonchev–Trinajstić information content (AvgIpc) is 2.27. The normalized spacial score (nSPS) is 12.5. The highest BCUT2D eigenvalue weighted by atomic mass is 16.6. The number of hydrogen-bond acceptors (Lipinski definition) is 3. The van der Waals surface area contributed by atoms with Gasteiger partial charge in [0.15, 0.2) is 0 Å². The van der Waals surface area contributed by atoms with Crippen molar-refractivity contribution in [3.63, 3.8) is 0 Å². The average molecular weight is 264 g/mol. The Hall–Kier alpha value is -1.58. The summed E-state index contributed by atoms with van der Waals surface area (Å²) in [5.74, 6) is 0.729. The highest BCUT2D eigenvalue weighted by Gasteiger charge is 2.09. The molecule has 0 fully saturated rings. The van der Waals surface area contributed by atoms with Crippen molar-refractivity contribution >= 4 is 11.4 Å². The maximum Gasteiger partial charge on any atom is 0.271 e. The minimum atomic E-state index is -0.346. The second-order valence-corrected chi connectivity index (χ2v) is 5.68. The molecule has 0 heterocycles. The Bertz CT molecular complexity index is 430. The van der Waals surface area contributed by atoms with Crippen LogP contribution in [-0.2, 0) is 0 Å². The molecular weight excluding hydrogens is 240 g/mol. The van der Waals surface area contributed by atoms with Crippen molar-refractivity contribution < 1.29 is 4.92 Å². The third-order valence-electron chi connectivity index (χ3n) is 3.10. The third-order valence-corrected chi connectivity index (χ3v) is 3.10. The van der Waals surface area contributed by atoms with Gasteiger partial charge in [0.05, 0.1) is 4.92 Å². The molecule has 0 aliphatic rings. The van der Waals surface area contributed by atoms with Gasteiger partial charge in [0, 0.05) is 23.9 Å². The summed E-state index contributed by atoms with van der Waals surface area (Å²) in [6.07, 6.45) is 3.49. The molecule has 4 heteroatoms. The molecule has 0 saturated heterocycles. The van der Waals surface area contributed by atoms with E-state index < -0.39 is 0 Å². The molecule has 0 aromatic heterocycles. The van der Waals surface area contributed by atoms with E-state index in [1.165, 1.54) is 12.8 Å². The SMILES string of the molecule is Cc1cc(NC(C)CCCC(C)C)cc([N+](=O)[O-])c1. The smallest absolute Gasteiger partial charge is 0.271 e. The number of rotatable bonds is 7. The second kappa shape index (κ2) is 7.12. The van der Waals surface area contributed by atoms with Crippen molar-refractivity contribution in [3.05, 3.63) is 33.9 Å². The van der Waals surface area contributed by atoms with Gasteiger partial charge in [-0.3, -0.25) is 10.1 Å². The topological polar surface area (TPSA) is 55.2 Å². The monoisotopic (exact) mass is 264 g/mol. The van der Waals surface area contributed by atoms with E-state index in [2.05, 4.69) is 26.1 Å². The van der Waals surface area contributed by atoms with E-state index >= 15 is 0 Å². The summed E-state index contributed by atoms with van der Waals surface area (Å²) in [6, 6.07) is 5.48. The van der Waals surface area contributed by atoms with E-state index in [0.29, 0.717) is 6.04 Å². The minimum absolute atomic E-state index is 0.150. The molecular formula is C15H24N2O2. The fourth-order valence-corrected chi connectivity index (χ4v) is 2.14. The van der Waals surface area contributed by atoms with Gasteiger partial charge in [-0.2, -0.15) is 0 Å². The highest BCUT2D eigenvalue weighted by Crippen LogP contribution is 2.22. The van der Waals surface area contributed by atoms with Gasteiger partial charge in [0.1, 0.15) is 0 Å². The second-order valence-electron chi connectivity index (χ2n) is 5.68. The quantitative estimate of drug-likeness (QED) is 0.581. The first-order chi connectivity index (χ1) is 8.88. The van der Waals surface area contributed by atoms with E-state index in [9.17, 15) is 10.1 Å². The van der Waals surface area contributed by atoms with Crippen LogP contribution in [0.5, 0.6) is 0 Å². The molecule has 1 N–H and O–H groups in total. The van der Waals surface area contributed by atoms with Gasteiger partial charge in [-0.15, -0.1) is 0 Å². The number of anilines is 1. The van der Waals surface area contributed by atoms with Crippen LogP contribution in [0.25, 0.3) is 0 Å². The van der Waals surface area contributed by atoms with Crippen LogP contribution in [0.15, 0.2) is 18.2 Å². The first-order valence-electron chi connectivity index (χ1n) is 6.91. The Labute approximate surface area is 115 Å². The number of nitro benzene ring substituents is 1. The van der Waals surface area contributed by atoms with Crippen LogP contribution < -0.4 is 5.32 Å². The van der Waals surface area contributed by atoms with Gasteiger partial charge >= 0.3 is 0 Å². The summed E-state index contributed by atoms with van der Waals surface area (Å²) in [4.78, 5) is 10.5. The Balaban J connectivity index is 2.58. The Morgan fingerprint density at radius 3 is 2.47 bits per heavy atom. The van der Waals surface area contributed by atoms with Crippen molar-refractivity contribution in [3.8, 4) is 0 Å². The van der Waals surface area contributed by atoms with Gasteiger partial charge in [-0.05, 0) is 37.8 Å². The molecule has 0 bridgehead atoms. The van der Waals surface area contributed by atoms with Crippen molar-refractivity contribution in [1.29, 1.82) is 0 Å². The van der Waals surface area contributed by atoms with Crippen LogP contribution in [0.4, 0.5) is 11.4 Å². The van der Waals surface area contributed by atoms with E-state index in [1.807, 2.05) is 13.0 Å². The molecule has 1 rings (SSSR count). The first-order valence-corrected chi connectivity index (χ1v) is 6.91. The molecule has 0 spiro atoms. The predicted octanol–water partition coefficient (Wildman–Crippen LogP) is 4.53. The zero-order valence-corrected chi connectivity index (χ0v) is 12.3. The summed E-state index contributed by atoms with van der Waals surface area (Å²) in [5, 5.41) is 14.2. The highest BCUT2D eigenvalue weighted by molar-refractivity contribution is 5.54. The number of nitro groups is 1. The summed E-state index contributed by atoms with van der Waals surface area (Å²) in [6.45, 7) is 8.44. The van der Waals surface area contributed by atoms with Gasteiger partial charge in [-0.1, -0.05) is 26.7 Å². The lowest BCUT2D eigenvalue weighted by molar-refractivity contribution is -0.384. The lowest BCUT2D eigenvalue weighted by Crippen LogP contribution is -2.15. The minimum Gasteiger partial charge on any atom is -0.382 e. The van der Waals surface area contributed by atoms with Gasteiger partial charge in [0.2, 0.25) is 0 Å². The predicted molar refractivity (Wildman–Crippen MR) is 79.6 cm³/mol. The number of benzene rings is 1. The summed E-state index contributed by atoms with van der Waals surface area (Å²) < 4.78 is 0.